The molecule has 0 unspecified atom stereocenters. The summed E-state index contributed by atoms with van der Waals surface area (Å²) in [7, 11) is 0. The number of thiophene rings is 1. The second-order valence-corrected chi connectivity index (χ2v) is 9.12. The number of carbonyl (C=O) groups excluding carboxylic acids is 2. The Bertz CT molecular complexity index is 1200. The molecule has 0 saturated carbocycles. The fourth-order valence-corrected chi connectivity index (χ4v) is 5.37. The van der Waals surface area contributed by atoms with Crippen molar-refractivity contribution in [1.82, 2.24) is 9.78 Å². The minimum absolute atomic E-state index is 0.0418. The number of anilines is 1. The average molecular weight is 469 g/mol. The van der Waals surface area contributed by atoms with Gasteiger partial charge in [-0.05, 0) is 48.2 Å². The maximum atomic E-state index is 13.2. The average Bonchev–Trinajstić information content (AvgIpc) is 3.35. The molecule has 0 radical (unpaired) electrons. The molecule has 0 bridgehead atoms. The Labute approximate surface area is 194 Å². The summed E-state index contributed by atoms with van der Waals surface area (Å²) in [5.74, 6) is -0.960. The SMILES string of the molecule is CCOC(=O)c1c(NC(=O)c2cc([N+](=O)[O-])nn2Cc2ccccc2)sc2c1CC[C@@H](C)C2. The Hall–Kier alpha value is -3.53. The first-order chi connectivity index (χ1) is 15.9. The van der Waals surface area contributed by atoms with Gasteiger partial charge in [-0.1, -0.05) is 37.3 Å². The van der Waals surface area contributed by atoms with E-state index < -0.39 is 22.6 Å². The molecule has 1 aliphatic rings. The monoisotopic (exact) mass is 468 g/mol. The number of ether oxygens (including phenoxy) is 1. The molecule has 9 nitrogen and oxygen atoms in total. The van der Waals surface area contributed by atoms with Gasteiger partial charge in [0, 0.05) is 4.88 Å². The van der Waals surface area contributed by atoms with E-state index in [1.54, 1.807) is 6.92 Å². The number of fused-ring (bicyclic) bond motifs is 1. The molecular weight excluding hydrogens is 444 g/mol. The molecule has 2 heterocycles. The van der Waals surface area contributed by atoms with Crippen molar-refractivity contribution < 1.29 is 19.2 Å². The van der Waals surface area contributed by atoms with E-state index in [0.29, 0.717) is 16.5 Å². The van der Waals surface area contributed by atoms with Crippen LogP contribution in [-0.4, -0.2) is 33.2 Å². The highest BCUT2D eigenvalue weighted by atomic mass is 32.1. The van der Waals surface area contributed by atoms with Gasteiger partial charge in [-0.25, -0.2) is 4.79 Å². The summed E-state index contributed by atoms with van der Waals surface area (Å²) >= 11 is 1.37. The summed E-state index contributed by atoms with van der Waals surface area (Å²) < 4.78 is 6.56. The van der Waals surface area contributed by atoms with E-state index in [4.69, 9.17) is 4.74 Å². The molecule has 10 heteroatoms. The predicted molar refractivity (Wildman–Crippen MR) is 124 cm³/mol. The van der Waals surface area contributed by atoms with Gasteiger partial charge in [0.2, 0.25) is 0 Å². The number of amides is 1. The van der Waals surface area contributed by atoms with Crippen LogP contribution in [0.15, 0.2) is 36.4 Å². The van der Waals surface area contributed by atoms with Crippen LogP contribution in [0.4, 0.5) is 10.8 Å². The lowest BCUT2D eigenvalue weighted by atomic mass is 9.88. The molecular formula is C23H24N4O5S. The normalized spacial score (nSPS) is 15.0. The number of benzene rings is 1. The summed E-state index contributed by atoms with van der Waals surface area (Å²) in [5.41, 5.74) is 2.20. The highest BCUT2D eigenvalue weighted by Gasteiger charge is 2.31. The Morgan fingerprint density at radius 3 is 2.79 bits per heavy atom. The molecule has 2 aromatic heterocycles. The minimum atomic E-state index is -0.631. The van der Waals surface area contributed by atoms with E-state index in [-0.39, 0.29) is 18.8 Å². The van der Waals surface area contributed by atoms with E-state index in [2.05, 4.69) is 17.3 Å². The predicted octanol–water partition coefficient (Wildman–Crippen LogP) is 4.45. The molecule has 1 atom stereocenters. The van der Waals surface area contributed by atoms with Gasteiger partial charge in [-0.15, -0.1) is 11.3 Å². The molecule has 1 N–H and O–H groups in total. The molecule has 4 rings (SSSR count). The number of hydrogen-bond acceptors (Lipinski definition) is 7. The topological polar surface area (TPSA) is 116 Å². The van der Waals surface area contributed by atoms with Crippen molar-refractivity contribution in [2.24, 2.45) is 5.92 Å². The van der Waals surface area contributed by atoms with E-state index >= 15 is 0 Å². The van der Waals surface area contributed by atoms with Crippen LogP contribution in [0.5, 0.6) is 0 Å². The van der Waals surface area contributed by atoms with Crippen molar-refractivity contribution in [3.8, 4) is 0 Å². The number of hydrogen-bond donors (Lipinski definition) is 1. The zero-order valence-corrected chi connectivity index (χ0v) is 19.2. The smallest absolute Gasteiger partial charge is 0.390 e. The zero-order chi connectivity index (χ0) is 23.5. The number of aromatic nitrogens is 2. The summed E-state index contributed by atoms with van der Waals surface area (Å²) in [6.07, 6.45) is 2.54. The quantitative estimate of drug-likeness (QED) is 0.311. The number of esters is 1. The van der Waals surface area contributed by atoms with Gasteiger partial charge in [0.15, 0.2) is 5.69 Å². The molecule has 0 saturated heterocycles. The van der Waals surface area contributed by atoms with Crippen molar-refractivity contribution in [2.75, 3.05) is 11.9 Å². The number of nitrogens with one attached hydrogen (secondary N) is 1. The van der Waals surface area contributed by atoms with Gasteiger partial charge in [0.1, 0.15) is 5.00 Å². The first kappa shape index (κ1) is 22.7. The molecule has 0 aliphatic heterocycles. The maximum absolute atomic E-state index is 13.2. The lowest BCUT2D eigenvalue weighted by molar-refractivity contribution is -0.389. The van der Waals surface area contributed by atoms with Crippen LogP contribution in [0.25, 0.3) is 0 Å². The van der Waals surface area contributed by atoms with Crippen LogP contribution < -0.4 is 5.32 Å². The van der Waals surface area contributed by atoms with Crippen molar-refractivity contribution in [1.29, 1.82) is 0 Å². The lowest BCUT2D eigenvalue weighted by Gasteiger charge is -2.18. The van der Waals surface area contributed by atoms with Crippen LogP contribution in [0.3, 0.4) is 0 Å². The van der Waals surface area contributed by atoms with E-state index in [1.165, 1.54) is 16.0 Å². The van der Waals surface area contributed by atoms with Gasteiger partial charge in [0.05, 0.1) is 29.9 Å². The first-order valence-corrected chi connectivity index (χ1v) is 11.6. The number of rotatable bonds is 7. The van der Waals surface area contributed by atoms with E-state index in [0.717, 1.165) is 41.3 Å². The molecule has 0 fully saturated rings. The molecule has 1 aromatic carbocycles. The maximum Gasteiger partial charge on any atom is 0.390 e. The van der Waals surface area contributed by atoms with E-state index in [1.807, 2.05) is 30.3 Å². The first-order valence-electron chi connectivity index (χ1n) is 10.8. The Balaban J connectivity index is 1.68. The highest BCUT2D eigenvalue weighted by Crippen LogP contribution is 2.40. The van der Waals surface area contributed by atoms with Crippen molar-refractivity contribution in [3.05, 3.63) is 73.8 Å². The van der Waals surface area contributed by atoms with Crippen LogP contribution in [0.2, 0.25) is 0 Å². The zero-order valence-electron chi connectivity index (χ0n) is 18.4. The molecule has 1 amide bonds. The second kappa shape index (κ2) is 9.53. The third-order valence-electron chi connectivity index (χ3n) is 5.58. The highest BCUT2D eigenvalue weighted by molar-refractivity contribution is 7.17. The molecule has 0 spiro atoms. The fourth-order valence-electron chi connectivity index (χ4n) is 3.98. The van der Waals surface area contributed by atoms with Gasteiger partial charge in [-0.2, -0.15) is 4.68 Å². The Morgan fingerprint density at radius 2 is 2.09 bits per heavy atom. The summed E-state index contributed by atoms with van der Waals surface area (Å²) in [6, 6.07) is 10.4. The number of carbonyl (C=O) groups is 2. The van der Waals surface area contributed by atoms with Gasteiger partial charge < -0.3 is 20.2 Å². The van der Waals surface area contributed by atoms with Crippen molar-refractivity contribution in [3.63, 3.8) is 0 Å². The van der Waals surface area contributed by atoms with Crippen LogP contribution in [0.1, 0.15) is 57.1 Å². The number of nitrogens with zero attached hydrogens (tertiary/aromatic N) is 3. The molecule has 172 valence electrons. The van der Waals surface area contributed by atoms with Gasteiger partial charge >= 0.3 is 11.8 Å². The second-order valence-electron chi connectivity index (χ2n) is 8.02. The third-order valence-corrected chi connectivity index (χ3v) is 6.75. The Kier molecular flexibility index (Phi) is 6.55. The van der Waals surface area contributed by atoms with Crippen molar-refractivity contribution >= 4 is 34.0 Å². The molecule has 3 aromatic rings. The van der Waals surface area contributed by atoms with Crippen LogP contribution in [-0.2, 0) is 24.1 Å². The largest absolute Gasteiger partial charge is 0.462 e. The van der Waals surface area contributed by atoms with Crippen LogP contribution >= 0.6 is 11.3 Å². The molecule has 1 aliphatic carbocycles. The van der Waals surface area contributed by atoms with Crippen molar-refractivity contribution in [2.45, 2.75) is 39.7 Å². The Morgan fingerprint density at radius 1 is 1.33 bits per heavy atom. The fraction of sp³-hybridized carbons (Fsp3) is 0.348. The summed E-state index contributed by atoms with van der Waals surface area (Å²) in [4.78, 5) is 37.7. The van der Waals surface area contributed by atoms with Gasteiger partial charge in [0.25, 0.3) is 5.91 Å². The third kappa shape index (κ3) is 4.80. The standard InChI is InChI=1S/C23H24N4O5S/c1-3-32-23(29)20-16-10-9-14(2)11-18(16)33-22(20)24-21(28)17-12-19(27(30)31)25-26(17)13-15-7-5-4-6-8-15/h4-8,12,14H,3,9-11,13H2,1-2H3,(H,24,28)/t14-/m1/s1. The van der Waals surface area contributed by atoms with E-state index in [9.17, 15) is 19.7 Å². The number of nitro groups is 1. The lowest BCUT2D eigenvalue weighted by Crippen LogP contribution is -2.20. The van der Waals surface area contributed by atoms with Gasteiger partial charge in [-0.3, -0.25) is 4.79 Å². The summed E-state index contributed by atoms with van der Waals surface area (Å²) in [6.45, 7) is 4.31. The van der Waals surface area contributed by atoms with Crippen LogP contribution in [0, 0.1) is 16.0 Å². The minimum Gasteiger partial charge on any atom is -0.462 e. The molecule has 33 heavy (non-hydrogen) atoms. The summed E-state index contributed by atoms with van der Waals surface area (Å²) in [5, 5.41) is 18.5.